The van der Waals surface area contributed by atoms with Crippen molar-refractivity contribution in [1.82, 2.24) is 9.97 Å². The van der Waals surface area contributed by atoms with Crippen molar-refractivity contribution in [1.29, 1.82) is 0 Å². The van der Waals surface area contributed by atoms with Crippen LogP contribution in [0.5, 0.6) is 5.75 Å². The van der Waals surface area contributed by atoms with Crippen molar-refractivity contribution in [2.45, 2.75) is 20.0 Å². The van der Waals surface area contributed by atoms with Gasteiger partial charge < -0.3 is 14.9 Å². The van der Waals surface area contributed by atoms with Gasteiger partial charge in [-0.2, -0.15) is 0 Å². The Hall–Kier alpha value is -2.56. The van der Waals surface area contributed by atoms with Crippen LogP contribution in [0.1, 0.15) is 18.4 Å². The van der Waals surface area contributed by atoms with Crippen molar-refractivity contribution in [3.8, 4) is 5.75 Å². The normalized spacial score (nSPS) is 10.8. The summed E-state index contributed by atoms with van der Waals surface area (Å²) in [6, 6.07) is 9.70. The van der Waals surface area contributed by atoms with E-state index in [0.717, 1.165) is 12.2 Å². The number of nitrogen functional groups attached to an aromatic ring is 1. The van der Waals surface area contributed by atoms with E-state index in [9.17, 15) is 0 Å². The van der Waals surface area contributed by atoms with Crippen LogP contribution in [-0.2, 0) is 13.0 Å². The first-order valence-corrected chi connectivity index (χ1v) is 6.47. The van der Waals surface area contributed by atoms with E-state index in [2.05, 4.69) is 16.9 Å². The van der Waals surface area contributed by atoms with Crippen LogP contribution in [0.2, 0.25) is 0 Å². The second-order valence-electron chi connectivity index (χ2n) is 4.49. The summed E-state index contributed by atoms with van der Waals surface area (Å²) in [7, 11) is 0. The molecule has 0 saturated heterocycles. The summed E-state index contributed by atoms with van der Waals surface area (Å²) < 4.78 is 11.1. The molecule has 3 rings (SSSR count). The molecule has 0 amide bonds. The molecule has 2 N–H and O–H groups in total. The number of oxazole rings is 1. The molecule has 1 aromatic carbocycles. The second kappa shape index (κ2) is 5.21. The standard InChI is InChI=1S/C15H15N3O2/c1-2-10-3-5-12(6-4-10)19-9-14-18-13-7-11(16)8-17-15(13)20-14/h3-8H,2,9,16H2,1H3. The second-order valence-corrected chi connectivity index (χ2v) is 4.49. The molecule has 0 radical (unpaired) electrons. The van der Waals surface area contributed by atoms with E-state index >= 15 is 0 Å². The lowest BCUT2D eigenvalue weighted by Gasteiger charge is -2.03. The number of nitrogens with two attached hydrogens (primary N) is 1. The van der Waals surface area contributed by atoms with Gasteiger partial charge in [-0.25, -0.2) is 9.97 Å². The van der Waals surface area contributed by atoms with Crippen LogP contribution >= 0.6 is 0 Å². The molecule has 0 aliphatic carbocycles. The van der Waals surface area contributed by atoms with Gasteiger partial charge >= 0.3 is 0 Å². The lowest BCUT2D eigenvalue weighted by atomic mass is 10.2. The topological polar surface area (TPSA) is 74.2 Å². The highest BCUT2D eigenvalue weighted by atomic mass is 16.5. The predicted molar refractivity (Wildman–Crippen MR) is 76.4 cm³/mol. The van der Waals surface area contributed by atoms with Crippen molar-refractivity contribution in [3.05, 3.63) is 48.0 Å². The maximum Gasteiger partial charge on any atom is 0.247 e. The fourth-order valence-corrected chi connectivity index (χ4v) is 1.91. The highest BCUT2D eigenvalue weighted by Gasteiger charge is 2.07. The third-order valence-electron chi connectivity index (χ3n) is 3.01. The minimum atomic E-state index is 0.266. The van der Waals surface area contributed by atoms with E-state index in [-0.39, 0.29) is 6.61 Å². The summed E-state index contributed by atoms with van der Waals surface area (Å²) >= 11 is 0. The molecular formula is C15H15N3O2. The van der Waals surface area contributed by atoms with Gasteiger partial charge in [0.2, 0.25) is 11.6 Å². The molecule has 0 aliphatic heterocycles. The Labute approximate surface area is 116 Å². The molecule has 2 heterocycles. The summed E-state index contributed by atoms with van der Waals surface area (Å²) in [6.07, 6.45) is 2.56. The Morgan fingerprint density at radius 3 is 2.80 bits per heavy atom. The van der Waals surface area contributed by atoms with Crippen molar-refractivity contribution < 1.29 is 9.15 Å². The van der Waals surface area contributed by atoms with E-state index < -0.39 is 0 Å². The third kappa shape index (κ3) is 2.56. The summed E-state index contributed by atoms with van der Waals surface area (Å²) in [5.74, 6) is 1.27. The number of ether oxygens (including phenoxy) is 1. The van der Waals surface area contributed by atoms with Gasteiger partial charge in [-0.15, -0.1) is 0 Å². The van der Waals surface area contributed by atoms with Crippen molar-refractivity contribution in [2.75, 3.05) is 5.73 Å². The zero-order valence-electron chi connectivity index (χ0n) is 11.2. The smallest absolute Gasteiger partial charge is 0.247 e. The molecule has 0 unspecified atom stereocenters. The lowest BCUT2D eigenvalue weighted by Crippen LogP contribution is -1.95. The monoisotopic (exact) mass is 269 g/mol. The number of pyridine rings is 1. The van der Waals surface area contributed by atoms with Gasteiger partial charge in [-0.05, 0) is 30.2 Å². The van der Waals surface area contributed by atoms with Gasteiger partial charge in [0.1, 0.15) is 11.3 Å². The number of nitrogens with zero attached hydrogens (tertiary/aromatic N) is 2. The molecule has 0 fully saturated rings. The first-order valence-electron chi connectivity index (χ1n) is 6.47. The van der Waals surface area contributed by atoms with Crippen LogP contribution in [0.15, 0.2) is 40.9 Å². The van der Waals surface area contributed by atoms with Crippen LogP contribution in [0, 0.1) is 0 Å². The molecule has 2 aromatic heterocycles. The van der Waals surface area contributed by atoms with Crippen LogP contribution in [0.25, 0.3) is 11.2 Å². The number of benzene rings is 1. The number of aromatic nitrogens is 2. The van der Waals surface area contributed by atoms with Crippen LogP contribution in [0.3, 0.4) is 0 Å². The molecule has 102 valence electrons. The molecule has 0 bridgehead atoms. The van der Waals surface area contributed by atoms with Crippen LogP contribution < -0.4 is 10.5 Å². The van der Waals surface area contributed by atoms with Gasteiger partial charge in [0.05, 0.1) is 11.9 Å². The van der Waals surface area contributed by atoms with Crippen molar-refractivity contribution >= 4 is 16.9 Å². The minimum absolute atomic E-state index is 0.266. The van der Waals surface area contributed by atoms with E-state index in [1.165, 1.54) is 5.56 Å². The van der Waals surface area contributed by atoms with E-state index in [4.69, 9.17) is 14.9 Å². The summed E-state index contributed by atoms with van der Waals surface area (Å²) in [5.41, 5.74) is 8.61. The van der Waals surface area contributed by atoms with Crippen LogP contribution in [0.4, 0.5) is 5.69 Å². The van der Waals surface area contributed by atoms with Gasteiger partial charge in [0, 0.05) is 0 Å². The summed E-state index contributed by atoms with van der Waals surface area (Å²) in [5, 5.41) is 0. The Bertz CT molecular complexity index is 720. The number of hydrogen-bond acceptors (Lipinski definition) is 5. The summed E-state index contributed by atoms with van der Waals surface area (Å²) in [6.45, 7) is 2.38. The van der Waals surface area contributed by atoms with Gasteiger partial charge in [0.25, 0.3) is 0 Å². The Balaban J connectivity index is 1.72. The molecule has 0 aliphatic rings. The molecule has 20 heavy (non-hydrogen) atoms. The average molecular weight is 269 g/mol. The maximum absolute atomic E-state index is 5.65. The fourth-order valence-electron chi connectivity index (χ4n) is 1.91. The van der Waals surface area contributed by atoms with Crippen molar-refractivity contribution in [2.24, 2.45) is 0 Å². The number of aryl methyl sites for hydroxylation is 1. The highest BCUT2D eigenvalue weighted by Crippen LogP contribution is 2.18. The van der Waals surface area contributed by atoms with Gasteiger partial charge in [0.15, 0.2) is 6.61 Å². The minimum Gasteiger partial charge on any atom is -0.484 e. The average Bonchev–Trinajstić information content (AvgIpc) is 2.87. The first-order chi connectivity index (χ1) is 9.74. The Morgan fingerprint density at radius 1 is 1.25 bits per heavy atom. The zero-order valence-corrected chi connectivity index (χ0v) is 11.2. The Morgan fingerprint density at radius 2 is 2.05 bits per heavy atom. The first kappa shape index (κ1) is 12.5. The van der Waals surface area contributed by atoms with Crippen molar-refractivity contribution in [3.63, 3.8) is 0 Å². The molecule has 3 aromatic rings. The number of anilines is 1. The Kier molecular flexibility index (Phi) is 3.25. The largest absolute Gasteiger partial charge is 0.484 e. The van der Waals surface area contributed by atoms with Crippen LogP contribution in [-0.4, -0.2) is 9.97 Å². The zero-order chi connectivity index (χ0) is 13.9. The summed E-state index contributed by atoms with van der Waals surface area (Å²) in [4.78, 5) is 8.36. The molecule has 0 saturated carbocycles. The maximum atomic E-state index is 5.65. The number of fused-ring (bicyclic) bond motifs is 1. The number of rotatable bonds is 4. The van der Waals surface area contributed by atoms with E-state index in [1.54, 1.807) is 12.3 Å². The number of hydrogen-bond donors (Lipinski definition) is 1. The van der Waals surface area contributed by atoms with E-state index in [1.807, 2.05) is 24.3 Å². The molecule has 0 atom stereocenters. The molecule has 5 heteroatoms. The predicted octanol–water partition coefficient (Wildman–Crippen LogP) is 2.95. The molecule has 5 nitrogen and oxygen atoms in total. The molecule has 0 spiro atoms. The SMILES string of the molecule is CCc1ccc(OCc2nc3cc(N)cnc3o2)cc1. The third-order valence-corrected chi connectivity index (χ3v) is 3.01. The fraction of sp³-hybridized carbons (Fsp3) is 0.200. The lowest BCUT2D eigenvalue weighted by molar-refractivity contribution is 0.266. The van der Waals surface area contributed by atoms with Gasteiger partial charge in [-0.3, -0.25) is 0 Å². The van der Waals surface area contributed by atoms with Gasteiger partial charge in [-0.1, -0.05) is 19.1 Å². The molecular weight excluding hydrogens is 254 g/mol. The van der Waals surface area contributed by atoms with E-state index in [0.29, 0.717) is 22.8 Å². The quantitative estimate of drug-likeness (QED) is 0.788. The highest BCUT2D eigenvalue weighted by molar-refractivity contribution is 5.71.